The van der Waals surface area contributed by atoms with Gasteiger partial charge in [0.15, 0.2) is 0 Å². The quantitative estimate of drug-likeness (QED) is 0.880. The summed E-state index contributed by atoms with van der Waals surface area (Å²) < 4.78 is 5.00. The third-order valence-corrected chi connectivity index (χ3v) is 3.67. The molecule has 1 aliphatic rings. The number of hydrogen-bond donors (Lipinski definition) is 1. The molecule has 5 nitrogen and oxygen atoms in total. The zero-order valence-electron chi connectivity index (χ0n) is 11.8. The van der Waals surface area contributed by atoms with Gasteiger partial charge in [-0.2, -0.15) is 0 Å². The topological polar surface area (TPSA) is 58.4 Å². The molecule has 0 radical (unpaired) electrons. The maximum absolute atomic E-state index is 12.0. The van der Waals surface area contributed by atoms with Crippen molar-refractivity contribution in [3.05, 3.63) is 17.5 Å². The summed E-state index contributed by atoms with van der Waals surface area (Å²) in [6, 6.07) is 1.87. The van der Waals surface area contributed by atoms with E-state index in [0.29, 0.717) is 18.9 Å². The summed E-state index contributed by atoms with van der Waals surface area (Å²) in [5.74, 6) is 1.62. The van der Waals surface area contributed by atoms with Gasteiger partial charge in [-0.3, -0.25) is 4.79 Å². The molecule has 0 spiro atoms. The molecule has 1 amide bonds. The lowest BCUT2D eigenvalue weighted by Crippen LogP contribution is -2.31. The van der Waals surface area contributed by atoms with Gasteiger partial charge in [0.1, 0.15) is 11.5 Å². The molecular weight excluding hydrogens is 242 g/mol. The lowest BCUT2D eigenvalue weighted by Gasteiger charge is -2.23. The molecule has 0 saturated carbocycles. The van der Waals surface area contributed by atoms with Crippen LogP contribution in [0, 0.1) is 12.8 Å². The molecule has 1 N–H and O–H groups in total. The molecule has 0 aliphatic carbocycles. The zero-order valence-corrected chi connectivity index (χ0v) is 11.8. The Morgan fingerprint density at radius 2 is 2.47 bits per heavy atom. The number of amides is 1. The van der Waals surface area contributed by atoms with Crippen LogP contribution in [0.15, 0.2) is 10.6 Å². The largest absolute Gasteiger partial charge is 0.361 e. The van der Waals surface area contributed by atoms with Crippen molar-refractivity contribution >= 4 is 5.91 Å². The van der Waals surface area contributed by atoms with Crippen LogP contribution in [0.2, 0.25) is 0 Å². The van der Waals surface area contributed by atoms with E-state index in [9.17, 15) is 4.79 Å². The standard InChI is InChI=1S/C14H23N3O2/c1-11-8-13(16-19-11)10-17(2)14(18)6-5-12-4-3-7-15-9-12/h8,12,15H,3-7,9-10H2,1-2H3. The highest BCUT2D eigenvalue weighted by molar-refractivity contribution is 5.75. The number of piperidine rings is 1. The lowest BCUT2D eigenvalue weighted by molar-refractivity contribution is -0.130. The van der Waals surface area contributed by atoms with Crippen LogP contribution < -0.4 is 5.32 Å². The Morgan fingerprint density at radius 3 is 3.11 bits per heavy atom. The van der Waals surface area contributed by atoms with Crippen molar-refractivity contribution in [2.75, 3.05) is 20.1 Å². The first kappa shape index (κ1) is 14.1. The average molecular weight is 265 g/mol. The van der Waals surface area contributed by atoms with Crippen molar-refractivity contribution in [2.45, 2.75) is 39.2 Å². The van der Waals surface area contributed by atoms with E-state index in [4.69, 9.17) is 4.52 Å². The maximum Gasteiger partial charge on any atom is 0.222 e. The molecule has 1 aromatic heterocycles. The van der Waals surface area contributed by atoms with E-state index >= 15 is 0 Å². The number of nitrogens with one attached hydrogen (secondary N) is 1. The van der Waals surface area contributed by atoms with E-state index in [-0.39, 0.29) is 5.91 Å². The monoisotopic (exact) mass is 265 g/mol. The normalized spacial score (nSPS) is 19.4. The van der Waals surface area contributed by atoms with Gasteiger partial charge in [0, 0.05) is 19.5 Å². The molecule has 2 heterocycles. The van der Waals surface area contributed by atoms with Gasteiger partial charge in [0.2, 0.25) is 5.91 Å². The summed E-state index contributed by atoms with van der Waals surface area (Å²) in [7, 11) is 1.82. The van der Waals surface area contributed by atoms with Gasteiger partial charge >= 0.3 is 0 Å². The Balaban J connectivity index is 1.72. The van der Waals surface area contributed by atoms with Crippen LogP contribution in [0.25, 0.3) is 0 Å². The minimum Gasteiger partial charge on any atom is -0.361 e. The Hall–Kier alpha value is -1.36. The third kappa shape index (κ3) is 4.35. The Bertz CT molecular complexity index is 411. The van der Waals surface area contributed by atoms with Gasteiger partial charge < -0.3 is 14.7 Å². The number of rotatable bonds is 5. The van der Waals surface area contributed by atoms with Crippen LogP contribution in [0.4, 0.5) is 0 Å². The molecule has 1 atom stereocenters. The van der Waals surface area contributed by atoms with E-state index in [1.54, 1.807) is 4.90 Å². The molecule has 1 unspecified atom stereocenters. The highest BCUT2D eigenvalue weighted by atomic mass is 16.5. The van der Waals surface area contributed by atoms with Gasteiger partial charge in [0.05, 0.1) is 6.54 Å². The van der Waals surface area contributed by atoms with Crippen molar-refractivity contribution in [2.24, 2.45) is 5.92 Å². The number of aryl methyl sites for hydroxylation is 1. The van der Waals surface area contributed by atoms with Crippen LogP contribution >= 0.6 is 0 Å². The highest BCUT2D eigenvalue weighted by Gasteiger charge is 2.17. The molecule has 1 aromatic rings. The summed E-state index contributed by atoms with van der Waals surface area (Å²) >= 11 is 0. The predicted octanol–water partition coefficient (Wildman–Crippen LogP) is 1.72. The van der Waals surface area contributed by atoms with E-state index in [0.717, 1.165) is 31.0 Å². The van der Waals surface area contributed by atoms with Crippen LogP contribution in [0.3, 0.4) is 0 Å². The van der Waals surface area contributed by atoms with Crippen molar-refractivity contribution in [1.82, 2.24) is 15.4 Å². The van der Waals surface area contributed by atoms with Crippen LogP contribution in [0.5, 0.6) is 0 Å². The maximum atomic E-state index is 12.0. The van der Waals surface area contributed by atoms with E-state index in [1.165, 1.54) is 12.8 Å². The Morgan fingerprint density at radius 1 is 1.63 bits per heavy atom. The van der Waals surface area contributed by atoms with E-state index in [1.807, 2.05) is 20.0 Å². The minimum absolute atomic E-state index is 0.186. The van der Waals surface area contributed by atoms with Crippen LogP contribution in [-0.4, -0.2) is 36.1 Å². The number of nitrogens with zero attached hydrogens (tertiary/aromatic N) is 2. The predicted molar refractivity (Wildman–Crippen MR) is 72.5 cm³/mol. The van der Waals surface area contributed by atoms with Crippen molar-refractivity contribution in [1.29, 1.82) is 0 Å². The van der Waals surface area contributed by atoms with Crippen molar-refractivity contribution < 1.29 is 9.32 Å². The summed E-state index contributed by atoms with van der Waals surface area (Å²) in [5, 5.41) is 7.29. The van der Waals surface area contributed by atoms with Gasteiger partial charge in [-0.25, -0.2) is 0 Å². The second-order valence-electron chi connectivity index (χ2n) is 5.43. The van der Waals surface area contributed by atoms with Gasteiger partial charge in [-0.1, -0.05) is 5.16 Å². The first-order chi connectivity index (χ1) is 9.15. The molecule has 19 heavy (non-hydrogen) atoms. The van der Waals surface area contributed by atoms with Gasteiger partial charge in [0.25, 0.3) is 0 Å². The molecule has 1 fully saturated rings. The molecule has 0 aromatic carbocycles. The fraction of sp³-hybridized carbons (Fsp3) is 0.714. The first-order valence-corrected chi connectivity index (χ1v) is 7.02. The Kier molecular flexibility index (Phi) is 4.96. The number of aromatic nitrogens is 1. The van der Waals surface area contributed by atoms with Crippen molar-refractivity contribution in [3.63, 3.8) is 0 Å². The van der Waals surface area contributed by atoms with Gasteiger partial charge in [-0.15, -0.1) is 0 Å². The fourth-order valence-electron chi connectivity index (χ4n) is 2.51. The second-order valence-corrected chi connectivity index (χ2v) is 5.43. The molecule has 5 heteroatoms. The fourth-order valence-corrected chi connectivity index (χ4v) is 2.51. The Labute approximate surface area is 114 Å². The lowest BCUT2D eigenvalue weighted by atomic mass is 9.94. The number of carbonyl (C=O) groups is 1. The average Bonchev–Trinajstić information content (AvgIpc) is 2.82. The SMILES string of the molecule is Cc1cc(CN(C)C(=O)CCC2CCCNC2)no1. The number of hydrogen-bond acceptors (Lipinski definition) is 4. The summed E-state index contributed by atoms with van der Waals surface area (Å²) in [5.41, 5.74) is 0.813. The van der Waals surface area contributed by atoms with Crippen LogP contribution in [0.1, 0.15) is 37.1 Å². The zero-order chi connectivity index (χ0) is 13.7. The second kappa shape index (κ2) is 6.70. The summed E-state index contributed by atoms with van der Waals surface area (Å²) in [6.45, 7) is 4.56. The third-order valence-electron chi connectivity index (χ3n) is 3.67. The van der Waals surface area contributed by atoms with Crippen molar-refractivity contribution in [3.8, 4) is 0 Å². The minimum atomic E-state index is 0.186. The molecule has 106 valence electrons. The highest BCUT2D eigenvalue weighted by Crippen LogP contribution is 2.16. The summed E-state index contributed by atoms with van der Waals surface area (Å²) in [4.78, 5) is 13.8. The molecule has 1 aliphatic heterocycles. The van der Waals surface area contributed by atoms with Crippen LogP contribution in [-0.2, 0) is 11.3 Å². The number of carbonyl (C=O) groups excluding carboxylic acids is 1. The molecule has 2 rings (SSSR count). The van der Waals surface area contributed by atoms with E-state index in [2.05, 4.69) is 10.5 Å². The smallest absolute Gasteiger partial charge is 0.222 e. The first-order valence-electron chi connectivity index (χ1n) is 7.02. The molecule has 1 saturated heterocycles. The molecule has 0 bridgehead atoms. The molecular formula is C14H23N3O2. The summed E-state index contributed by atoms with van der Waals surface area (Å²) in [6.07, 6.45) is 4.08. The van der Waals surface area contributed by atoms with Gasteiger partial charge in [-0.05, 0) is 45.2 Å². The van der Waals surface area contributed by atoms with E-state index < -0.39 is 0 Å².